The van der Waals surface area contributed by atoms with Gasteiger partial charge in [-0.25, -0.2) is 18.7 Å². The summed E-state index contributed by atoms with van der Waals surface area (Å²) in [5, 5.41) is 11.0. The van der Waals surface area contributed by atoms with E-state index in [0.717, 1.165) is 6.42 Å². The SMILES string of the molecule is CCCc1nc(N)c(C)c(NCC(F)(F)CO)n1. The molecule has 0 atom stereocenters. The normalized spacial score (nSPS) is 11.6. The Balaban J connectivity index is 2.87. The van der Waals surface area contributed by atoms with E-state index in [1.165, 1.54) is 0 Å². The van der Waals surface area contributed by atoms with Crippen molar-refractivity contribution in [1.29, 1.82) is 0 Å². The van der Waals surface area contributed by atoms with Gasteiger partial charge in [0, 0.05) is 12.0 Å². The molecule has 0 saturated heterocycles. The third kappa shape index (κ3) is 3.76. The number of rotatable bonds is 6. The van der Waals surface area contributed by atoms with E-state index in [1.54, 1.807) is 6.92 Å². The highest BCUT2D eigenvalue weighted by atomic mass is 19.3. The van der Waals surface area contributed by atoms with E-state index in [1.807, 2.05) is 6.92 Å². The predicted octanol–water partition coefficient (Wildman–Crippen LogP) is 1.36. The minimum Gasteiger partial charge on any atom is -0.390 e. The average molecular weight is 260 g/mol. The van der Waals surface area contributed by atoms with Crippen molar-refractivity contribution in [2.45, 2.75) is 32.6 Å². The molecule has 0 aromatic carbocycles. The van der Waals surface area contributed by atoms with Crippen molar-refractivity contribution in [3.8, 4) is 0 Å². The zero-order chi connectivity index (χ0) is 13.8. The van der Waals surface area contributed by atoms with Gasteiger partial charge in [0.2, 0.25) is 0 Å². The molecule has 1 heterocycles. The summed E-state index contributed by atoms with van der Waals surface area (Å²) in [6, 6.07) is 0. The maximum absolute atomic E-state index is 12.9. The van der Waals surface area contributed by atoms with Crippen LogP contribution >= 0.6 is 0 Å². The van der Waals surface area contributed by atoms with Gasteiger partial charge >= 0.3 is 0 Å². The lowest BCUT2D eigenvalue weighted by Crippen LogP contribution is -2.31. The van der Waals surface area contributed by atoms with Crippen molar-refractivity contribution in [1.82, 2.24) is 9.97 Å². The maximum Gasteiger partial charge on any atom is 0.287 e. The van der Waals surface area contributed by atoms with Gasteiger partial charge in [0.05, 0.1) is 6.54 Å². The van der Waals surface area contributed by atoms with Gasteiger partial charge in [-0.05, 0) is 13.3 Å². The lowest BCUT2D eigenvalue weighted by molar-refractivity contribution is -0.0373. The largest absolute Gasteiger partial charge is 0.390 e. The second-order valence-electron chi connectivity index (χ2n) is 4.12. The number of hydrogen-bond donors (Lipinski definition) is 3. The highest BCUT2D eigenvalue weighted by Gasteiger charge is 2.27. The van der Waals surface area contributed by atoms with E-state index in [9.17, 15) is 8.78 Å². The molecule has 7 heteroatoms. The van der Waals surface area contributed by atoms with Gasteiger partial charge in [0.1, 0.15) is 24.1 Å². The molecule has 102 valence electrons. The summed E-state index contributed by atoms with van der Waals surface area (Å²) in [5.74, 6) is -2.09. The number of halogens is 2. The zero-order valence-electron chi connectivity index (χ0n) is 10.5. The Bertz CT molecular complexity index is 412. The number of nitrogens with two attached hydrogens (primary N) is 1. The molecule has 0 fully saturated rings. The Kier molecular flexibility index (Phi) is 4.77. The predicted molar refractivity (Wildman–Crippen MR) is 65.7 cm³/mol. The number of nitrogen functional groups attached to an aromatic ring is 1. The van der Waals surface area contributed by atoms with Gasteiger partial charge in [0.25, 0.3) is 5.92 Å². The highest BCUT2D eigenvalue weighted by Crippen LogP contribution is 2.20. The molecule has 0 radical (unpaired) electrons. The Morgan fingerprint density at radius 2 is 2.06 bits per heavy atom. The number of aliphatic hydroxyl groups excluding tert-OH is 1. The third-order valence-corrected chi connectivity index (χ3v) is 2.45. The fourth-order valence-corrected chi connectivity index (χ4v) is 1.36. The van der Waals surface area contributed by atoms with Crippen LogP contribution in [-0.4, -0.2) is 34.1 Å². The van der Waals surface area contributed by atoms with E-state index < -0.39 is 19.1 Å². The van der Waals surface area contributed by atoms with Crippen LogP contribution in [0.1, 0.15) is 24.7 Å². The van der Waals surface area contributed by atoms with Crippen LogP contribution in [0.25, 0.3) is 0 Å². The molecule has 0 saturated carbocycles. The van der Waals surface area contributed by atoms with Gasteiger partial charge in [-0.2, -0.15) is 0 Å². The molecule has 0 aliphatic heterocycles. The molecule has 0 aliphatic carbocycles. The van der Waals surface area contributed by atoms with Gasteiger partial charge in [0.15, 0.2) is 0 Å². The van der Waals surface area contributed by atoms with Crippen LogP contribution in [0.4, 0.5) is 20.4 Å². The average Bonchev–Trinajstić information content (AvgIpc) is 2.32. The Morgan fingerprint density at radius 1 is 1.39 bits per heavy atom. The first-order chi connectivity index (χ1) is 8.39. The first kappa shape index (κ1) is 14.6. The van der Waals surface area contributed by atoms with Crippen molar-refractivity contribution in [2.24, 2.45) is 0 Å². The number of aryl methyl sites for hydroxylation is 1. The topological polar surface area (TPSA) is 84.1 Å². The number of anilines is 2. The van der Waals surface area contributed by atoms with E-state index in [0.29, 0.717) is 23.6 Å². The number of aromatic nitrogens is 2. The fraction of sp³-hybridized carbons (Fsp3) is 0.636. The summed E-state index contributed by atoms with van der Waals surface area (Å²) in [6.07, 6.45) is 1.48. The van der Waals surface area contributed by atoms with Crippen molar-refractivity contribution < 1.29 is 13.9 Å². The molecular weight excluding hydrogens is 242 g/mol. The molecule has 5 nitrogen and oxygen atoms in total. The molecule has 4 N–H and O–H groups in total. The van der Waals surface area contributed by atoms with E-state index in [4.69, 9.17) is 10.8 Å². The van der Waals surface area contributed by atoms with E-state index >= 15 is 0 Å². The highest BCUT2D eigenvalue weighted by molar-refractivity contribution is 5.54. The Labute approximate surface area is 104 Å². The summed E-state index contributed by atoms with van der Waals surface area (Å²) >= 11 is 0. The van der Waals surface area contributed by atoms with Crippen LogP contribution in [0, 0.1) is 6.92 Å². The standard InChI is InChI=1S/C11H18F2N4O/c1-3-4-8-16-9(14)7(2)10(17-8)15-5-11(12,13)6-18/h18H,3-6H2,1-2H3,(H3,14,15,16,17). The number of alkyl halides is 2. The molecule has 1 aromatic rings. The maximum atomic E-state index is 12.9. The third-order valence-electron chi connectivity index (χ3n) is 2.45. The molecule has 0 aliphatic rings. The first-order valence-corrected chi connectivity index (χ1v) is 5.75. The van der Waals surface area contributed by atoms with E-state index in [-0.39, 0.29) is 5.82 Å². The lowest BCUT2D eigenvalue weighted by atomic mass is 10.2. The van der Waals surface area contributed by atoms with Gasteiger partial charge in [-0.15, -0.1) is 0 Å². The molecule has 0 unspecified atom stereocenters. The summed E-state index contributed by atoms with van der Waals surface area (Å²) in [7, 11) is 0. The second kappa shape index (κ2) is 5.90. The van der Waals surface area contributed by atoms with Crippen LogP contribution in [0.3, 0.4) is 0 Å². The molecule has 0 spiro atoms. The smallest absolute Gasteiger partial charge is 0.287 e. The van der Waals surface area contributed by atoms with Gasteiger partial charge in [-0.3, -0.25) is 0 Å². The van der Waals surface area contributed by atoms with Crippen molar-refractivity contribution in [3.63, 3.8) is 0 Å². The first-order valence-electron chi connectivity index (χ1n) is 5.75. The van der Waals surface area contributed by atoms with Crippen LogP contribution in [0.2, 0.25) is 0 Å². The quantitative estimate of drug-likeness (QED) is 0.719. The van der Waals surface area contributed by atoms with Crippen LogP contribution < -0.4 is 11.1 Å². The summed E-state index contributed by atoms with van der Waals surface area (Å²) in [5.41, 5.74) is 6.23. The van der Waals surface area contributed by atoms with Crippen LogP contribution in [-0.2, 0) is 6.42 Å². The number of aliphatic hydroxyl groups is 1. The van der Waals surface area contributed by atoms with Crippen molar-refractivity contribution >= 4 is 11.6 Å². The summed E-state index contributed by atoms with van der Waals surface area (Å²) in [4.78, 5) is 8.22. The summed E-state index contributed by atoms with van der Waals surface area (Å²) < 4.78 is 25.9. The molecule has 1 aromatic heterocycles. The fourth-order valence-electron chi connectivity index (χ4n) is 1.36. The van der Waals surface area contributed by atoms with E-state index in [2.05, 4.69) is 15.3 Å². The Hall–Kier alpha value is -1.50. The van der Waals surface area contributed by atoms with Crippen LogP contribution in [0.5, 0.6) is 0 Å². The molecule has 18 heavy (non-hydrogen) atoms. The number of hydrogen-bond acceptors (Lipinski definition) is 5. The monoisotopic (exact) mass is 260 g/mol. The minimum atomic E-state index is -3.18. The van der Waals surface area contributed by atoms with Crippen molar-refractivity contribution in [3.05, 3.63) is 11.4 Å². The lowest BCUT2D eigenvalue weighted by Gasteiger charge is -2.16. The van der Waals surface area contributed by atoms with Crippen molar-refractivity contribution in [2.75, 3.05) is 24.2 Å². The minimum absolute atomic E-state index is 0.281. The molecule has 0 amide bonds. The van der Waals surface area contributed by atoms with Gasteiger partial charge < -0.3 is 16.2 Å². The molecule has 1 rings (SSSR count). The molecule has 0 bridgehead atoms. The summed E-state index contributed by atoms with van der Waals surface area (Å²) in [6.45, 7) is 1.73. The number of nitrogens with one attached hydrogen (secondary N) is 1. The number of nitrogens with zero attached hydrogens (tertiary/aromatic N) is 2. The Morgan fingerprint density at radius 3 is 2.61 bits per heavy atom. The zero-order valence-corrected chi connectivity index (χ0v) is 10.5. The molecular formula is C11H18F2N4O. The van der Waals surface area contributed by atoms with Crippen LogP contribution in [0.15, 0.2) is 0 Å². The van der Waals surface area contributed by atoms with Gasteiger partial charge in [-0.1, -0.05) is 6.92 Å². The second-order valence-corrected chi connectivity index (χ2v) is 4.12.